The fraction of sp³-hybridized carbons (Fsp3) is 0.0714. The summed E-state index contributed by atoms with van der Waals surface area (Å²) >= 11 is 0. The van der Waals surface area contributed by atoms with Crippen molar-refractivity contribution in [3.05, 3.63) is 64.5 Å². The molecule has 0 N–H and O–H groups in total. The van der Waals surface area contributed by atoms with Gasteiger partial charge in [-0.3, -0.25) is 10.1 Å². The van der Waals surface area contributed by atoms with Crippen molar-refractivity contribution in [1.82, 2.24) is 0 Å². The van der Waals surface area contributed by atoms with Gasteiger partial charge < -0.3 is 9.47 Å². The Bertz CT molecular complexity index is 639. The molecule has 2 aromatic carbocycles. The zero-order valence-corrected chi connectivity index (χ0v) is 10.7. The number of benzene rings is 2. The maximum absolute atomic E-state index is 12.7. The number of non-ortho nitro benzene ring substituents is 1. The highest BCUT2D eigenvalue weighted by molar-refractivity contribution is 5.73. The number of hydrogen-bond acceptors (Lipinski definition) is 5. The van der Waals surface area contributed by atoms with E-state index in [1.807, 2.05) is 0 Å². The van der Waals surface area contributed by atoms with Gasteiger partial charge in [-0.15, -0.1) is 0 Å². The standard InChI is InChI=1S/C14H10FNO5/c15-10-1-5-13(6-2-10)21-14(17)9-20-12-7-3-11(4-8-12)16(18)19/h1-8H,9H2. The molecular weight excluding hydrogens is 281 g/mol. The summed E-state index contributed by atoms with van der Waals surface area (Å²) in [5.74, 6) is -0.595. The number of nitro benzene ring substituents is 1. The van der Waals surface area contributed by atoms with Gasteiger partial charge in [0.2, 0.25) is 0 Å². The van der Waals surface area contributed by atoms with Gasteiger partial charge in [0.05, 0.1) is 4.92 Å². The number of esters is 1. The summed E-state index contributed by atoms with van der Waals surface area (Å²) in [5.41, 5.74) is -0.0729. The molecule has 0 aliphatic heterocycles. The van der Waals surface area contributed by atoms with E-state index in [2.05, 4.69) is 0 Å². The second-order valence-corrected chi connectivity index (χ2v) is 3.97. The number of carbonyl (C=O) groups is 1. The van der Waals surface area contributed by atoms with Gasteiger partial charge in [-0.25, -0.2) is 9.18 Å². The molecule has 0 bridgehead atoms. The highest BCUT2D eigenvalue weighted by Gasteiger charge is 2.08. The number of halogens is 1. The van der Waals surface area contributed by atoms with Crippen LogP contribution in [-0.4, -0.2) is 17.5 Å². The summed E-state index contributed by atoms with van der Waals surface area (Å²) in [6.07, 6.45) is 0. The third kappa shape index (κ3) is 4.27. The maximum atomic E-state index is 12.7. The van der Waals surface area contributed by atoms with Crippen molar-refractivity contribution in [3.63, 3.8) is 0 Å². The summed E-state index contributed by atoms with van der Waals surface area (Å²) in [7, 11) is 0. The molecule has 0 unspecified atom stereocenters. The first-order valence-electron chi connectivity index (χ1n) is 5.88. The van der Waals surface area contributed by atoms with Crippen LogP contribution < -0.4 is 9.47 Å². The van der Waals surface area contributed by atoms with Crippen LogP contribution in [0.2, 0.25) is 0 Å². The lowest BCUT2D eigenvalue weighted by Crippen LogP contribution is -2.17. The smallest absolute Gasteiger partial charge is 0.349 e. The number of nitrogens with zero attached hydrogens (tertiary/aromatic N) is 1. The largest absolute Gasteiger partial charge is 0.482 e. The number of ether oxygens (including phenoxy) is 2. The van der Waals surface area contributed by atoms with Crippen LogP contribution in [0.5, 0.6) is 11.5 Å². The fourth-order valence-corrected chi connectivity index (χ4v) is 1.47. The quantitative estimate of drug-likeness (QED) is 0.366. The average molecular weight is 291 g/mol. The molecule has 108 valence electrons. The van der Waals surface area contributed by atoms with E-state index >= 15 is 0 Å². The predicted molar refractivity (Wildman–Crippen MR) is 70.6 cm³/mol. The normalized spacial score (nSPS) is 9.95. The van der Waals surface area contributed by atoms with E-state index in [0.717, 1.165) is 0 Å². The zero-order chi connectivity index (χ0) is 15.2. The van der Waals surface area contributed by atoms with Crippen molar-refractivity contribution in [2.45, 2.75) is 0 Å². The zero-order valence-electron chi connectivity index (χ0n) is 10.7. The molecule has 0 aliphatic rings. The molecule has 0 amide bonds. The Kier molecular flexibility index (Phi) is 4.45. The monoisotopic (exact) mass is 291 g/mol. The minimum Gasteiger partial charge on any atom is -0.482 e. The summed E-state index contributed by atoms with van der Waals surface area (Å²) in [6.45, 7) is -0.366. The van der Waals surface area contributed by atoms with E-state index in [9.17, 15) is 19.3 Å². The first-order valence-corrected chi connectivity index (χ1v) is 5.88. The molecule has 0 saturated heterocycles. The summed E-state index contributed by atoms with van der Waals surface area (Å²) < 4.78 is 22.7. The van der Waals surface area contributed by atoms with Crippen LogP contribution in [-0.2, 0) is 4.79 Å². The summed E-state index contributed by atoms with van der Waals surface area (Å²) in [6, 6.07) is 10.3. The molecule has 6 nitrogen and oxygen atoms in total. The van der Waals surface area contributed by atoms with Crippen molar-refractivity contribution < 1.29 is 23.6 Å². The van der Waals surface area contributed by atoms with Gasteiger partial charge in [-0.05, 0) is 36.4 Å². The summed E-state index contributed by atoms with van der Waals surface area (Å²) in [4.78, 5) is 21.4. The Morgan fingerprint density at radius 3 is 2.19 bits per heavy atom. The van der Waals surface area contributed by atoms with Gasteiger partial charge in [-0.1, -0.05) is 0 Å². The number of hydrogen-bond donors (Lipinski definition) is 0. The lowest BCUT2D eigenvalue weighted by Gasteiger charge is -2.06. The molecule has 2 aromatic rings. The van der Waals surface area contributed by atoms with E-state index in [1.54, 1.807) is 0 Å². The molecule has 0 aliphatic carbocycles. The second kappa shape index (κ2) is 6.47. The fourth-order valence-electron chi connectivity index (χ4n) is 1.47. The second-order valence-electron chi connectivity index (χ2n) is 3.97. The number of nitro groups is 1. The van der Waals surface area contributed by atoms with Gasteiger partial charge in [-0.2, -0.15) is 0 Å². The van der Waals surface area contributed by atoms with Gasteiger partial charge in [0.1, 0.15) is 17.3 Å². The Hall–Kier alpha value is -2.96. The molecular formula is C14H10FNO5. The van der Waals surface area contributed by atoms with E-state index in [1.165, 1.54) is 48.5 Å². The number of carbonyl (C=O) groups excluding carboxylic acids is 1. The highest BCUT2D eigenvalue weighted by atomic mass is 19.1. The molecule has 2 rings (SSSR count). The lowest BCUT2D eigenvalue weighted by molar-refractivity contribution is -0.384. The van der Waals surface area contributed by atoms with E-state index < -0.39 is 16.7 Å². The van der Waals surface area contributed by atoms with Crippen molar-refractivity contribution in [2.24, 2.45) is 0 Å². The van der Waals surface area contributed by atoms with Crippen molar-refractivity contribution in [2.75, 3.05) is 6.61 Å². The maximum Gasteiger partial charge on any atom is 0.349 e. The minimum atomic E-state index is -0.667. The Labute approximate surface area is 118 Å². The highest BCUT2D eigenvalue weighted by Crippen LogP contribution is 2.17. The van der Waals surface area contributed by atoms with Gasteiger partial charge in [0, 0.05) is 12.1 Å². The van der Waals surface area contributed by atoms with Gasteiger partial charge in [0.25, 0.3) is 5.69 Å². The van der Waals surface area contributed by atoms with Crippen molar-refractivity contribution in [1.29, 1.82) is 0 Å². The number of rotatable bonds is 5. The first-order chi connectivity index (χ1) is 10.0. The van der Waals surface area contributed by atoms with Crippen LogP contribution in [0.1, 0.15) is 0 Å². The third-order valence-corrected chi connectivity index (χ3v) is 2.45. The molecule has 0 radical (unpaired) electrons. The van der Waals surface area contributed by atoms with Crippen LogP contribution in [0.15, 0.2) is 48.5 Å². The van der Waals surface area contributed by atoms with Crippen LogP contribution in [0.25, 0.3) is 0 Å². The predicted octanol–water partition coefficient (Wildman–Crippen LogP) is 2.72. The molecule has 0 aromatic heterocycles. The van der Waals surface area contributed by atoms with E-state index in [0.29, 0.717) is 5.75 Å². The Morgan fingerprint density at radius 2 is 1.62 bits per heavy atom. The molecule has 0 fully saturated rings. The minimum absolute atomic E-state index is 0.0729. The summed E-state index contributed by atoms with van der Waals surface area (Å²) in [5, 5.41) is 10.5. The van der Waals surface area contributed by atoms with E-state index in [4.69, 9.17) is 9.47 Å². The van der Waals surface area contributed by atoms with Gasteiger partial charge >= 0.3 is 5.97 Å². The first kappa shape index (κ1) is 14.4. The van der Waals surface area contributed by atoms with Crippen molar-refractivity contribution in [3.8, 4) is 11.5 Å². The molecule has 0 saturated carbocycles. The average Bonchev–Trinajstić information content (AvgIpc) is 2.48. The SMILES string of the molecule is O=C(COc1ccc([N+](=O)[O-])cc1)Oc1ccc(F)cc1. The molecule has 21 heavy (non-hydrogen) atoms. The van der Waals surface area contributed by atoms with Crippen LogP contribution in [0.4, 0.5) is 10.1 Å². The Balaban J connectivity index is 1.86. The molecule has 0 spiro atoms. The van der Waals surface area contributed by atoms with E-state index in [-0.39, 0.29) is 18.0 Å². The van der Waals surface area contributed by atoms with Gasteiger partial charge in [0.15, 0.2) is 6.61 Å². The van der Waals surface area contributed by atoms with Crippen molar-refractivity contribution >= 4 is 11.7 Å². The van der Waals surface area contributed by atoms with Crippen LogP contribution >= 0.6 is 0 Å². The topological polar surface area (TPSA) is 78.7 Å². The lowest BCUT2D eigenvalue weighted by atomic mass is 10.3. The molecule has 7 heteroatoms. The van der Waals surface area contributed by atoms with Crippen LogP contribution in [0, 0.1) is 15.9 Å². The molecule has 0 atom stereocenters. The van der Waals surface area contributed by atoms with Crippen LogP contribution in [0.3, 0.4) is 0 Å². The Morgan fingerprint density at radius 1 is 1.05 bits per heavy atom. The molecule has 0 heterocycles. The third-order valence-electron chi connectivity index (χ3n) is 2.45.